The van der Waals surface area contributed by atoms with Gasteiger partial charge in [-0.2, -0.15) is 0 Å². The number of carbonyl (C=O) groups is 1. The Morgan fingerprint density at radius 1 is 1.67 bits per heavy atom. The van der Waals surface area contributed by atoms with Gasteiger partial charge in [0.05, 0.1) is 0 Å². The number of carbonyl (C=O) groups excluding carboxylic acids is 1. The summed E-state index contributed by atoms with van der Waals surface area (Å²) in [6, 6.07) is 0. The summed E-state index contributed by atoms with van der Waals surface area (Å²) in [6.07, 6.45) is -0.383. The average molecular weight is 131 g/mol. The van der Waals surface area contributed by atoms with Crippen LogP contribution in [0.3, 0.4) is 0 Å². The molecule has 5 heteroatoms. The number of aliphatic hydroxyl groups excluding tert-OH is 1. The third-order valence-corrected chi connectivity index (χ3v) is 0.711. The Kier molecular flexibility index (Phi) is 1.27. The molecule has 0 aromatic carbocycles. The molecule has 5 nitrogen and oxygen atoms in total. The first-order valence-corrected chi connectivity index (χ1v) is 2.22. The molecule has 0 aliphatic carbocycles. The van der Waals surface area contributed by atoms with E-state index in [0.29, 0.717) is 0 Å². The van der Waals surface area contributed by atoms with Gasteiger partial charge in [0, 0.05) is 0 Å². The van der Waals surface area contributed by atoms with Crippen molar-refractivity contribution in [1.29, 1.82) is 0 Å². The highest BCUT2D eigenvalue weighted by Crippen LogP contribution is 2.03. The lowest BCUT2D eigenvalue weighted by Crippen LogP contribution is -2.32. The van der Waals surface area contributed by atoms with Crippen molar-refractivity contribution in [3.05, 3.63) is 12.0 Å². The molecule has 0 aromatic heterocycles. The lowest BCUT2D eigenvalue weighted by Gasteiger charge is -2.16. The SMILES string of the molecule is NC1OC(=O)C=C(O)O1. The van der Waals surface area contributed by atoms with Gasteiger partial charge in [0.1, 0.15) is 6.08 Å². The Balaban J connectivity index is 2.67. The van der Waals surface area contributed by atoms with E-state index in [1.807, 2.05) is 0 Å². The van der Waals surface area contributed by atoms with E-state index in [0.717, 1.165) is 6.08 Å². The van der Waals surface area contributed by atoms with E-state index in [1.165, 1.54) is 0 Å². The Hall–Kier alpha value is -1.23. The van der Waals surface area contributed by atoms with E-state index in [2.05, 4.69) is 9.47 Å². The topological polar surface area (TPSA) is 81.8 Å². The molecule has 0 aromatic rings. The zero-order valence-electron chi connectivity index (χ0n) is 4.40. The molecule has 3 N–H and O–H groups in total. The van der Waals surface area contributed by atoms with Crippen LogP contribution in [0.4, 0.5) is 0 Å². The first-order valence-electron chi connectivity index (χ1n) is 2.22. The summed E-state index contributed by atoms with van der Waals surface area (Å²) in [5.74, 6) is -1.22. The molecule has 50 valence electrons. The highest BCUT2D eigenvalue weighted by atomic mass is 16.8. The number of hydrogen-bond donors (Lipinski definition) is 2. The lowest BCUT2D eigenvalue weighted by atomic mass is 10.6. The van der Waals surface area contributed by atoms with Gasteiger partial charge in [-0.15, -0.1) is 0 Å². The molecule has 1 rings (SSSR count). The Morgan fingerprint density at radius 3 is 2.78 bits per heavy atom. The minimum atomic E-state index is -1.18. The smallest absolute Gasteiger partial charge is 0.342 e. The van der Waals surface area contributed by atoms with Crippen LogP contribution in [0.15, 0.2) is 12.0 Å². The van der Waals surface area contributed by atoms with Crippen molar-refractivity contribution in [3.63, 3.8) is 0 Å². The Labute approximate surface area is 50.7 Å². The van der Waals surface area contributed by atoms with Crippen LogP contribution in [-0.2, 0) is 14.3 Å². The molecule has 1 aliphatic heterocycles. The molecule has 0 saturated heterocycles. The molecule has 0 amide bonds. The summed E-state index contributed by atoms with van der Waals surface area (Å²) < 4.78 is 8.54. The van der Waals surface area contributed by atoms with Crippen LogP contribution < -0.4 is 5.73 Å². The van der Waals surface area contributed by atoms with Gasteiger partial charge in [0.2, 0.25) is 0 Å². The molecule has 0 radical (unpaired) electrons. The highest BCUT2D eigenvalue weighted by Gasteiger charge is 2.17. The molecule has 9 heavy (non-hydrogen) atoms. The van der Waals surface area contributed by atoms with Crippen LogP contribution in [0.5, 0.6) is 0 Å². The van der Waals surface area contributed by atoms with Crippen LogP contribution in [-0.4, -0.2) is 17.5 Å². The number of rotatable bonds is 0. The number of esters is 1. The van der Waals surface area contributed by atoms with Gasteiger partial charge in [-0.05, 0) is 0 Å². The van der Waals surface area contributed by atoms with E-state index >= 15 is 0 Å². The maximum absolute atomic E-state index is 10.3. The normalized spacial score (nSPS) is 26.1. The number of aliphatic hydroxyl groups is 1. The quantitative estimate of drug-likeness (QED) is 0.420. The minimum absolute atomic E-state index is 0.515. The van der Waals surface area contributed by atoms with Gasteiger partial charge in [0.15, 0.2) is 0 Å². The second-order valence-electron chi connectivity index (χ2n) is 1.41. The summed E-state index contributed by atoms with van der Waals surface area (Å²) >= 11 is 0. The molecule has 1 unspecified atom stereocenters. The fourth-order valence-corrected chi connectivity index (χ4v) is 0.426. The molecule has 0 spiro atoms. The first-order chi connectivity index (χ1) is 4.18. The van der Waals surface area contributed by atoms with Crippen molar-refractivity contribution in [2.24, 2.45) is 5.73 Å². The summed E-state index contributed by atoms with van der Waals surface area (Å²) in [7, 11) is 0. The molecule has 1 aliphatic rings. The van der Waals surface area contributed by atoms with Gasteiger partial charge in [-0.3, -0.25) is 5.73 Å². The van der Waals surface area contributed by atoms with E-state index in [9.17, 15) is 4.79 Å². The zero-order chi connectivity index (χ0) is 6.85. The maximum Gasteiger partial charge on any atom is 0.342 e. The van der Waals surface area contributed by atoms with Crippen molar-refractivity contribution in [2.45, 2.75) is 6.41 Å². The zero-order valence-corrected chi connectivity index (χ0v) is 4.40. The Bertz CT molecular complexity index is 164. The van der Waals surface area contributed by atoms with Crippen LogP contribution in [0.2, 0.25) is 0 Å². The van der Waals surface area contributed by atoms with Crippen LogP contribution in [0.1, 0.15) is 0 Å². The second kappa shape index (κ2) is 1.94. The highest BCUT2D eigenvalue weighted by molar-refractivity contribution is 5.82. The van der Waals surface area contributed by atoms with E-state index < -0.39 is 18.3 Å². The predicted octanol–water partition coefficient (Wildman–Crippen LogP) is -0.799. The standard InChI is InChI=1S/C4H5NO4/c5-4-8-2(6)1-3(7)9-4/h1,4,6H,5H2. The average Bonchev–Trinajstić information content (AvgIpc) is 1.59. The molecule has 0 bridgehead atoms. The number of ether oxygens (including phenoxy) is 2. The van der Waals surface area contributed by atoms with Crippen LogP contribution in [0.25, 0.3) is 0 Å². The maximum atomic E-state index is 10.3. The van der Waals surface area contributed by atoms with Gasteiger partial charge < -0.3 is 14.6 Å². The van der Waals surface area contributed by atoms with Crippen LogP contribution >= 0.6 is 0 Å². The summed E-state index contributed by atoms with van der Waals surface area (Å²) in [5, 5.41) is 8.51. The summed E-state index contributed by atoms with van der Waals surface area (Å²) in [4.78, 5) is 10.3. The van der Waals surface area contributed by atoms with Crippen molar-refractivity contribution in [1.82, 2.24) is 0 Å². The van der Waals surface area contributed by atoms with E-state index in [4.69, 9.17) is 10.8 Å². The molecule has 1 heterocycles. The third kappa shape index (κ3) is 1.33. The molecular weight excluding hydrogens is 126 g/mol. The first kappa shape index (κ1) is 5.90. The predicted molar refractivity (Wildman–Crippen MR) is 25.9 cm³/mol. The molecule has 0 fully saturated rings. The van der Waals surface area contributed by atoms with E-state index in [1.54, 1.807) is 0 Å². The second-order valence-corrected chi connectivity index (χ2v) is 1.41. The van der Waals surface area contributed by atoms with Gasteiger partial charge >= 0.3 is 12.4 Å². The van der Waals surface area contributed by atoms with Crippen LogP contribution in [0, 0.1) is 0 Å². The number of hydrogen-bond acceptors (Lipinski definition) is 5. The van der Waals surface area contributed by atoms with Gasteiger partial charge in [-0.1, -0.05) is 0 Å². The van der Waals surface area contributed by atoms with Crippen molar-refractivity contribution >= 4 is 5.97 Å². The van der Waals surface area contributed by atoms with Crippen molar-refractivity contribution < 1.29 is 19.4 Å². The number of nitrogens with two attached hydrogens (primary N) is 1. The van der Waals surface area contributed by atoms with Crippen molar-refractivity contribution in [3.8, 4) is 0 Å². The Morgan fingerprint density at radius 2 is 2.33 bits per heavy atom. The third-order valence-electron chi connectivity index (χ3n) is 0.711. The van der Waals surface area contributed by atoms with Gasteiger partial charge in [-0.25, -0.2) is 4.79 Å². The molecule has 0 saturated carbocycles. The fraction of sp³-hybridized carbons (Fsp3) is 0.250. The number of cyclic esters (lactones) is 1. The van der Waals surface area contributed by atoms with Gasteiger partial charge in [0.25, 0.3) is 5.95 Å². The summed E-state index contributed by atoms with van der Waals surface area (Å²) in [6.45, 7) is 0. The lowest BCUT2D eigenvalue weighted by molar-refractivity contribution is -0.179. The largest absolute Gasteiger partial charge is 0.481 e. The molecule has 1 atom stereocenters. The van der Waals surface area contributed by atoms with E-state index in [-0.39, 0.29) is 0 Å². The summed E-state index contributed by atoms with van der Waals surface area (Å²) in [5.41, 5.74) is 4.95. The van der Waals surface area contributed by atoms with Crippen molar-refractivity contribution in [2.75, 3.05) is 0 Å². The monoisotopic (exact) mass is 131 g/mol. The fourth-order valence-electron chi connectivity index (χ4n) is 0.426. The minimum Gasteiger partial charge on any atom is -0.481 e. The molecular formula is C4H5NO4.